The molecule has 0 aliphatic heterocycles. The summed E-state index contributed by atoms with van der Waals surface area (Å²) in [4.78, 5) is 44.2. The molecule has 2 aromatic heterocycles. The highest BCUT2D eigenvalue weighted by Gasteiger charge is 2.20. The van der Waals surface area contributed by atoms with Crippen molar-refractivity contribution in [2.24, 2.45) is 0 Å². The number of methoxy groups -OCH3 is 1. The molecule has 0 saturated heterocycles. The zero-order valence-corrected chi connectivity index (χ0v) is 25.1. The molecule has 4 N–H and O–H groups in total. The molecular formula is C29H38N6O5S. The molecule has 11 nitrogen and oxygen atoms in total. The van der Waals surface area contributed by atoms with Gasteiger partial charge in [0.1, 0.15) is 17.0 Å². The van der Waals surface area contributed by atoms with Crippen LogP contribution in [0.3, 0.4) is 0 Å². The zero-order chi connectivity index (χ0) is 30.0. The number of amides is 4. The van der Waals surface area contributed by atoms with Crippen LogP contribution < -0.4 is 26.0 Å². The van der Waals surface area contributed by atoms with E-state index in [1.165, 1.54) is 11.3 Å². The van der Waals surface area contributed by atoms with Crippen LogP contribution in [0.1, 0.15) is 54.8 Å². The molecule has 0 spiro atoms. The normalized spacial score (nSPS) is 11.9. The number of nitrogens with one attached hydrogen (secondary N) is 4. The van der Waals surface area contributed by atoms with Gasteiger partial charge in [-0.1, -0.05) is 18.2 Å². The first-order valence-electron chi connectivity index (χ1n) is 13.1. The lowest BCUT2D eigenvalue weighted by molar-refractivity contribution is 0.0635. The van der Waals surface area contributed by atoms with E-state index in [0.29, 0.717) is 24.3 Å². The lowest BCUT2D eigenvalue weighted by Gasteiger charge is -2.21. The Labute approximate surface area is 244 Å². The molecule has 1 atom stereocenters. The highest BCUT2D eigenvalue weighted by molar-refractivity contribution is 7.09. The average molecular weight is 583 g/mol. The molecule has 0 bridgehead atoms. The SMILES string of the molecule is COc1ccc(CNC(=O)NC(CCN(C)C)c2ccc(C(=O)Nc3cscc3NC(=O)OC(C)(C)C)nc2)cc1. The van der Waals surface area contributed by atoms with E-state index in [9.17, 15) is 14.4 Å². The summed E-state index contributed by atoms with van der Waals surface area (Å²) in [6.45, 7) is 6.41. The van der Waals surface area contributed by atoms with E-state index in [-0.39, 0.29) is 17.8 Å². The summed E-state index contributed by atoms with van der Waals surface area (Å²) in [6.07, 6.45) is 1.62. The molecule has 1 unspecified atom stereocenters. The van der Waals surface area contributed by atoms with Crippen molar-refractivity contribution >= 4 is 40.7 Å². The van der Waals surface area contributed by atoms with Gasteiger partial charge in [0, 0.05) is 23.5 Å². The quantitative estimate of drug-likeness (QED) is 0.243. The summed E-state index contributed by atoms with van der Waals surface area (Å²) < 4.78 is 10.5. The van der Waals surface area contributed by atoms with Crippen molar-refractivity contribution in [2.75, 3.05) is 38.4 Å². The molecule has 0 aliphatic rings. The fraction of sp³-hybridized carbons (Fsp3) is 0.379. The van der Waals surface area contributed by atoms with Crippen molar-refractivity contribution in [3.05, 3.63) is 70.2 Å². The number of thiophene rings is 1. The first-order chi connectivity index (χ1) is 19.4. The summed E-state index contributed by atoms with van der Waals surface area (Å²) in [6, 6.07) is 10.2. The number of benzene rings is 1. The van der Waals surface area contributed by atoms with Gasteiger partial charge in [-0.05, 0) is 77.2 Å². The molecule has 0 fully saturated rings. The van der Waals surface area contributed by atoms with Gasteiger partial charge < -0.3 is 30.3 Å². The number of anilines is 2. The Morgan fingerprint density at radius 3 is 2.27 bits per heavy atom. The number of hydrogen-bond donors (Lipinski definition) is 4. The fourth-order valence-electron chi connectivity index (χ4n) is 3.68. The Hall–Kier alpha value is -4.16. The smallest absolute Gasteiger partial charge is 0.412 e. The minimum Gasteiger partial charge on any atom is -0.497 e. The Balaban J connectivity index is 1.62. The number of rotatable bonds is 11. The first-order valence-corrected chi connectivity index (χ1v) is 14.0. The highest BCUT2D eigenvalue weighted by atomic mass is 32.1. The van der Waals surface area contributed by atoms with Crippen LogP contribution in [0.4, 0.5) is 21.0 Å². The van der Waals surface area contributed by atoms with Gasteiger partial charge in [0.05, 0.1) is 24.5 Å². The second kappa shape index (κ2) is 14.5. The van der Waals surface area contributed by atoms with E-state index >= 15 is 0 Å². The van der Waals surface area contributed by atoms with E-state index in [1.807, 2.05) is 43.3 Å². The molecule has 0 radical (unpaired) electrons. The number of carbonyl (C=O) groups is 3. The Bertz CT molecular complexity index is 1300. The van der Waals surface area contributed by atoms with Gasteiger partial charge in [-0.15, -0.1) is 11.3 Å². The van der Waals surface area contributed by atoms with E-state index < -0.39 is 17.6 Å². The monoisotopic (exact) mass is 582 g/mol. The first kappa shape index (κ1) is 31.4. The molecular weight excluding hydrogens is 544 g/mol. The second-order valence-corrected chi connectivity index (χ2v) is 11.3. The average Bonchev–Trinajstić information content (AvgIpc) is 3.34. The molecule has 3 aromatic rings. The maximum atomic E-state index is 12.9. The number of carbonyl (C=O) groups excluding carboxylic acids is 3. The molecule has 0 aliphatic carbocycles. The maximum absolute atomic E-state index is 12.9. The minimum atomic E-state index is -0.647. The maximum Gasteiger partial charge on any atom is 0.412 e. The Kier molecular flexibility index (Phi) is 11.1. The van der Waals surface area contributed by atoms with Gasteiger partial charge in [-0.25, -0.2) is 9.59 Å². The van der Waals surface area contributed by atoms with Crippen molar-refractivity contribution < 1.29 is 23.9 Å². The van der Waals surface area contributed by atoms with Gasteiger partial charge in [-0.2, -0.15) is 0 Å². The zero-order valence-electron chi connectivity index (χ0n) is 24.2. The summed E-state index contributed by atoms with van der Waals surface area (Å²) in [5, 5.41) is 14.7. The van der Waals surface area contributed by atoms with Gasteiger partial charge >= 0.3 is 12.1 Å². The van der Waals surface area contributed by atoms with E-state index in [2.05, 4.69) is 26.3 Å². The van der Waals surface area contributed by atoms with Crippen LogP contribution >= 0.6 is 11.3 Å². The second-order valence-electron chi connectivity index (χ2n) is 10.6. The predicted molar refractivity (Wildman–Crippen MR) is 161 cm³/mol. The third-order valence-electron chi connectivity index (χ3n) is 5.75. The van der Waals surface area contributed by atoms with E-state index in [1.54, 1.807) is 57.0 Å². The summed E-state index contributed by atoms with van der Waals surface area (Å²) in [7, 11) is 5.53. The van der Waals surface area contributed by atoms with Crippen molar-refractivity contribution in [1.29, 1.82) is 0 Å². The van der Waals surface area contributed by atoms with Crippen molar-refractivity contribution in [1.82, 2.24) is 20.5 Å². The van der Waals surface area contributed by atoms with Crippen LogP contribution in [-0.2, 0) is 11.3 Å². The molecule has 2 heterocycles. The van der Waals surface area contributed by atoms with Crippen molar-refractivity contribution in [3.63, 3.8) is 0 Å². The fourth-order valence-corrected chi connectivity index (χ4v) is 4.39. The molecule has 220 valence electrons. The van der Waals surface area contributed by atoms with Crippen LogP contribution in [0.2, 0.25) is 0 Å². The lowest BCUT2D eigenvalue weighted by atomic mass is 10.1. The Morgan fingerprint density at radius 2 is 1.68 bits per heavy atom. The standard InChI is InChI=1S/C29H38N6O5S/c1-29(2,3)40-28(38)34-25-18-41-17-24(25)32-26(36)23-12-9-20(16-30-23)22(13-14-35(4)5)33-27(37)31-15-19-7-10-21(39-6)11-8-19/h7-12,16-18,22H,13-15H2,1-6H3,(H,32,36)(H,34,38)(H2,31,33,37). The summed E-state index contributed by atoms with van der Waals surface area (Å²) in [5.74, 6) is 0.317. The lowest BCUT2D eigenvalue weighted by Crippen LogP contribution is -2.38. The number of pyridine rings is 1. The number of nitrogens with zero attached hydrogens (tertiary/aromatic N) is 2. The highest BCUT2D eigenvalue weighted by Crippen LogP contribution is 2.28. The topological polar surface area (TPSA) is 134 Å². The molecule has 1 aromatic carbocycles. The van der Waals surface area contributed by atoms with Gasteiger partial charge in [0.2, 0.25) is 0 Å². The van der Waals surface area contributed by atoms with Crippen molar-refractivity contribution in [3.8, 4) is 5.75 Å². The molecule has 12 heteroatoms. The van der Waals surface area contributed by atoms with Gasteiger partial charge in [0.25, 0.3) is 5.91 Å². The molecule has 3 rings (SSSR count). The van der Waals surface area contributed by atoms with Crippen LogP contribution in [0.15, 0.2) is 53.4 Å². The number of ether oxygens (including phenoxy) is 2. The van der Waals surface area contributed by atoms with Crippen LogP contribution in [0.25, 0.3) is 0 Å². The Morgan fingerprint density at radius 1 is 1.00 bits per heavy atom. The molecule has 4 amide bonds. The number of urea groups is 1. The van der Waals surface area contributed by atoms with Gasteiger partial charge in [-0.3, -0.25) is 15.1 Å². The van der Waals surface area contributed by atoms with E-state index in [4.69, 9.17) is 9.47 Å². The number of hydrogen-bond acceptors (Lipinski definition) is 8. The largest absolute Gasteiger partial charge is 0.497 e. The van der Waals surface area contributed by atoms with Crippen LogP contribution in [-0.4, -0.2) is 61.3 Å². The van der Waals surface area contributed by atoms with Gasteiger partial charge in [0.15, 0.2) is 0 Å². The summed E-state index contributed by atoms with van der Waals surface area (Å²) >= 11 is 1.33. The van der Waals surface area contributed by atoms with Crippen LogP contribution in [0, 0.1) is 0 Å². The third-order valence-corrected chi connectivity index (χ3v) is 6.49. The summed E-state index contributed by atoms with van der Waals surface area (Å²) in [5.41, 5.74) is 2.13. The molecule has 41 heavy (non-hydrogen) atoms. The minimum absolute atomic E-state index is 0.193. The molecule has 0 saturated carbocycles. The third kappa shape index (κ3) is 10.4. The van der Waals surface area contributed by atoms with E-state index in [0.717, 1.165) is 23.4 Å². The predicted octanol–water partition coefficient (Wildman–Crippen LogP) is 5.24. The van der Waals surface area contributed by atoms with Crippen LogP contribution in [0.5, 0.6) is 5.75 Å². The number of aromatic nitrogens is 1. The van der Waals surface area contributed by atoms with Crippen molar-refractivity contribution in [2.45, 2.75) is 45.4 Å².